The van der Waals surface area contributed by atoms with Crippen LogP contribution in [0.15, 0.2) is 74.7 Å². The molecule has 0 saturated carbocycles. The van der Waals surface area contributed by atoms with Gasteiger partial charge in [0.1, 0.15) is 6.54 Å². The number of thiazole rings is 1. The standard InChI is InChI=1S/C21H18N4O3S/c1-14-6-8-15(9-7-14)12-24-10-11-29-21(24)22-18(26)13-25-20(28)17-5-3-2-4-16(17)19(27)23-25/h2-11H,12-13H2,1H3,(H,23,27). The zero-order chi connectivity index (χ0) is 20.4. The molecule has 8 heteroatoms. The third-order valence-corrected chi connectivity index (χ3v) is 5.33. The van der Waals surface area contributed by atoms with E-state index in [4.69, 9.17) is 0 Å². The first-order valence-corrected chi connectivity index (χ1v) is 9.88. The number of benzene rings is 2. The van der Waals surface area contributed by atoms with Gasteiger partial charge in [0.2, 0.25) is 0 Å². The number of carbonyl (C=O) groups excluding carboxylic acids is 1. The number of nitrogens with zero attached hydrogens (tertiary/aromatic N) is 3. The lowest BCUT2D eigenvalue weighted by molar-refractivity contribution is -0.118. The Morgan fingerprint density at radius 2 is 1.79 bits per heavy atom. The van der Waals surface area contributed by atoms with E-state index in [1.807, 2.05) is 47.3 Å². The summed E-state index contributed by atoms with van der Waals surface area (Å²) < 4.78 is 2.88. The Balaban J connectivity index is 1.62. The molecule has 1 N–H and O–H groups in total. The molecule has 1 amide bonds. The molecular formula is C21H18N4O3S. The van der Waals surface area contributed by atoms with Gasteiger partial charge in [-0.25, -0.2) is 4.68 Å². The van der Waals surface area contributed by atoms with Gasteiger partial charge in [0, 0.05) is 18.1 Å². The van der Waals surface area contributed by atoms with E-state index >= 15 is 0 Å². The van der Waals surface area contributed by atoms with E-state index in [1.165, 1.54) is 16.9 Å². The predicted molar refractivity (Wildman–Crippen MR) is 112 cm³/mol. The number of aryl methyl sites for hydroxylation is 1. The van der Waals surface area contributed by atoms with E-state index in [0.717, 1.165) is 10.2 Å². The molecule has 2 aromatic carbocycles. The topological polar surface area (TPSA) is 89.2 Å². The van der Waals surface area contributed by atoms with Crippen molar-refractivity contribution >= 4 is 28.0 Å². The van der Waals surface area contributed by atoms with Crippen molar-refractivity contribution in [2.24, 2.45) is 4.99 Å². The Labute approximate surface area is 169 Å². The molecule has 4 aromatic rings. The highest BCUT2D eigenvalue weighted by atomic mass is 32.1. The van der Waals surface area contributed by atoms with Gasteiger partial charge >= 0.3 is 0 Å². The lowest BCUT2D eigenvalue weighted by Gasteiger charge is -2.05. The van der Waals surface area contributed by atoms with E-state index in [2.05, 4.69) is 10.1 Å². The van der Waals surface area contributed by atoms with E-state index in [0.29, 0.717) is 16.7 Å². The van der Waals surface area contributed by atoms with Crippen LogP contribution in [0.1, 0.15) is 11.1 Å². The Morgan fingerprint density at radius 3 is 2.55 bits per heavy atom. The van der Waals surface area contributed by atoms with Crippen LogP contribution in [0.25, 0.3) is 10.8 Å². The zero-order valence-electron chi connectivity index (χ0n) is 15.7. The fraction of sp³-hybridized carbons (Fsp3) is 0.143. The number of aromatic nitrogens is 3. The van der Waals surface area contributed by atoms with Crippen LogP contribution in [0.5, 0.6) is 0 Å². The third-order valence-electron chi connectivity index (χ3n) is 4.53. The van der Waals surface area contributed by atoms with Crippen molar-refractivity contribution < 1.29 is 4.79 Å². The van der Waals surface area contributed by atoms with E-state index < -0.39 is 17.0 Å². The lowest BCUT2D eigenvalue weighted by atomic mass is 10.1. The molecule has 146 valence electrons. The predicted octanol–water partition coefficient (Wildman–Crippen LogP) is 2.04. The molecule has 2 heterocycles. The first-order chi connectivity index (χ1) is 14.0. The van der Waals surface area contributed by atoms with Gasteiger partial charge in [-0.1, -0.05) is 42.0 Å². The Hall–Kier alpha value is -3.52. The van der Waals surface area contributed by atoms with Crippen LogP contribution in [0.2, 0.25) is 0 Å². The second-order valence-electron chi connectivity index (χ2n) is 6.68. The van der Waals surface area contributed by atoms with Gasteiger partial charge < -0.3 is 4.57 Å². The van der Waals surface area contributed by atoms with Crippen LogP contribution in [0.4, 0.5) is 0 Å². The highest BCUT2D eigenvalue weighted by Crippen LogP contribution is 2.05. The Morgan fingerprint density at radius 1 is 1.07 bits per heavy atom. The first kappa shape index (κ1) is 18.8. The SMILES string of the molecule is Cc1ccc(Cn2ccsc2=NC(=O)Cn2[nH]c(=O)c3ccccc3c2=O)cc1. The molecule has 0 bridgehead atoms. The Bertz CT molecular complexity index is 1370. The number of hydrogen-bond donors (Lipinski definition) is 1. The normalized spacial score (nSPS) is 11.8. The van der Waals surface area contributed by atoms with Gasteiger partial charge in [-0.15, -0.1) is 11.3 Å². The summed E-state index contributed by atoms with van der Waals surface area (Å²) in [5, 5.41) is 4.88. The van der Waals surface area contributed by atoms with Crippen molar-refractivity contribution in [3.8, 4) is 0 Å². The number of fused-ring (bicyclic) bond motifs is 1. The smallest absolute Gasteiger partial charge is 0.273 e. The van der Waals surface area contributed by atoms with E-state index in [1.54, 1.807) is 24.3 Å². The Kier molecular flexibility index (Phi) is 5.09. The van der Waals surface area contributed by atoms with Gasteiger partial charge in [-0.05, 0) is 24.6 Å². The van der Waals surface area contributed by atoms with Crippen LogP contribution in [-0.4, -0.2) is 20.3 Å². The molecule has 2 aromatic heterocycles. The van der Waals surface area contributed by atoms with Gasteiger partial charge in [0.15, 0.2) is 4.80 Å². The lowest BCUT2D eigenvalue weighted by Crippen LogP contribution is -2.32. The van der Waals surface area contributed by atoms with E-state index in [-0.39, 0.29) is 11.9 Å². The fourth-order valence-corrected chi connectivity index (χ4v) is 3.78. The molecule has 4 rings (SSSR count). The summed E-state index contributed by atoms with van der Waals surface area (Å²) in [6.45, 7) is 2.28. The maximum absolute atomic E-state index is 12.6. The van der Waals surface area contributed by atoms with Crippen molar-refractivity contribution in [2.45, 2.75) is 20.0 Å². The van der Waals surface area contributed by atoms with Gasteiger partial charge in [0.25, 0.3) is 17.0 Å². The molecule has 0 aliphatic rings. The van der Waals surface area contributed by atoms with Crippen LogP contribution in [0, 0.1) is 6.92 Å². The van der Waals surface area contributed by atoms with Gasteiger partial charge in [-0.2, -0.15) is 4.99 Å². The van der Waals surface area contributed by atoms with Crippen LogP contribution in [0.3, 0.4) is 0 Å². The summed E-state index contributed by atoms with van der Waals surface area (Å²) in [7, 11) is 0. The highest BCUT2D eigenvalue weighted by molar-refractivity contribution is 7.07. The minimum absolute atomic E-state index is 0.273. The molecule has 0 spiro atoms. The summed E-state index contributed by atoms with van der Waals surface area (Å²) in [6.07, 6.45) is 1.86. The number of rotatable bonds is 4. The van der Waals surface area contributed by atoms with Crippen molar-refractivity contribution in [3.63, 3.8) is 0 Å². The molecule has 7 nitrogen and oxygen atoms in total. The summed E-state index contributed by atoms with van der Waals surface area (Å²) in [5.74, 6) is -0.516. The van der Waals surface area contributed by atoms with Gasteiger partial charge in [-0.3, -0.25) is 19.5 Å². The number of amides is 1. The second kappa shape index (κ2) is 7.84. The maximum atomic E-state index is 12.6. The number of hydrogen-bond acceptors (Lipinski definition) is 4. The fourth-order valence-electron chi connectivity index (χ4n) is 3.03. The second-order valence-corrected chi connectivity index (χ2v) is 7.56. The quantitative estimate of drug-likeness (QED) is 0.562. The molecule has 0 saturated heterocycles. The summed E-state index contributed by atoms with van der Waals surface area (Å²) in [4.78, 5) is 41.9. The molecule has 0 fully saturated rings. The van der Waals surface area contributed by atoms with Crippen LogP contribution < -0.4 is 15.9 Å². The third kappa shape index (κ3) is 4.02. The largest absolute Gasteiger partial charge is 0.319 e. The highest BCUT2D eigenvalue weighted by Gasteiger charge is 2.10. The molecule has 0 unspecified atom stereocenters. The van der Waals surface area contributed by atoms with Crippen molar-refractivity contribution in [3.05, 3.63) is 96.7 Å². The van der Waals surface area contributed by atoms with Crippen molar-refractivity contribution in [1.82, 2.24) is 14.3 Å². The summed E-state index contributed by atoms with van der Waals surface area (Å²) in [5.41, 5.74) is 1.43. The molecule has 29 heavy (non-hydrogen) atoms. The molecule has 0 aliphatic carbocycles. The average molecular weight is 406 g/mol. The minimum Gasteiger partial charge on any atom is -0.319 e. The first-order valence-electron chi connectivity index (χ1n) is 9.00. The average Bonchev–Trinajstić information content (AvgIpc) is 3.14. The number of nitrogens with one attached hydrogen (secondary N) is 1. The molecule has 0 aliphatic heterocycles. The van der Waals surface area contributed by atoms with Gasteiger partial charge in [0.05, 0.1) is 10.8 Å². The number of aromatic amines is 1. The van der Waals surface area contributed by atoms with E-state index in [9.17, 15) is 14.4 Å². The van der Waals surface area contributed by atoms with Crippen molar-refractivity contribution in [1.29, 1.82) is 0 Å². The summed E-state index contributed by atoms with van der Waals surface area (Å²) >= 11 is 1.34. The van der Waals surface area contributed by atoms with Crippen LogP contribution in [-0.2, 0) is 17.9 Å². The molecule has 0 atom stereocenters. The number of carbonyl (C=O) groups is 1. The van der Waals surface area contributed by atoms with Crippen LogP contribution >= 0.6 is 11.3 Å². The molecule has 0 radical (unpaired) electrons. The van der Waals surface area contributed by atoms with Crippen molar-refractivity contribution in [2.75, 3.05) is 0 Å². The molecular weight excluding hydrogens is 388 g/mol. The monoisotopic (exact) mass is 406 g/mol. The zero-order valence-corrected chi connectivity index (χ0v) is 16.5. The minimum atomic E-state index is -0.516. The summed E-state index contributed by atoms with van der Waals surface area (Å²) in [6, 6.07) is 14.6. The number of H-pyrrole nitrogens is 1. The maximum Gasteiger partial charge on any atom is 0.273 e.